The minimum Gasteiger partial charge on any atom is -0.507 e. The molecule has 1 atom stereocenters. The van der Waals surface area contributed by atoms with Crippen LogP contribution < -0.4 is 18.9 Å². The standard InChI is InChI=1S/C21H29O8P/c1-7-28-30(23,29-8-2)21(14-9-10-17(24-3)18(11-14)25-4)15-12-19(26-5)20(27-6)13-16(15)22/h9-13,21-22H,7-8H2,1-6H3. The van der Waals surface area contributed by atoms with E-state index in [0.717, 1.165) is 0 Å². The van der Waals surface area contributed by atoms with Crippen LogP contribution in [0, 0.1) is 0 Å². The average Bonchev–Trinajstić information content (AvgIpc) is 2.74. The van der Waals surface area contributed by atoms with E-state index in [-0.39, 0.29) is 19.0 Å². The molecular weight excluding hydrogens is 411 g/mol. The van der Waals surface area contributed by atoms with E-state index < -0.39 is 13.3 Å². The number of aromatic hydroxyl groups is 1. The maximum Gasteiger partial charge on any atom is 0.342 e. The van der Waals surface area contributed by atoms with Gasteiger partial charge in [0.15, 0.2) is 23.0 Å². The van der Waals surface area contributed by atoms with Crippen molar-refractivity contribution in [2.45, 2.75) is 19.5 Å². The molecule has 0 aliphatic rings. The van der Waals surface area contributed by atoms with Gasteiger partial charge in [-0.15, -0.1) is 0 Å². The van der Waals surface area contributed by atoms with Gasteiger partial charge in [-0.2, -0.15) is 0 Å². The molecule has 0 bridgehead atoms. The molecule has 2 rings (SSSR count). The Labute approximate surface area is 177 Å². The second-order valence-electron chi connectivity index (χ2n) is 6.16. The highest BCUT2D eigenvalue weighted by Gasteiger charge is 2.40. The molecule has 2 aromatic carbocycles. The highest BCUT2D eigenvalue weighted by atomic mass is 31.2. The summed E-state index contributed by atoms with van der Waals surface area (Å²) in [5, 5.41) is 10.8. The van der Waals surface area contributed by atoms with Crippen LogP contribution in [0.5, 0.6) is 28.7 Å². The van der Waals surface area contributed by atoms with Crippen molar-refractivity contribution in [2.75, 3.05) is 41.7 Å². The third-order valence-electron chi connectivity index (χ3n) is 4.49. The largest absolute Gasteiger partial charge is 0.507 e. The molecule has 30 heavy (non-hydrogen) atoms. The van der Waals surface area contributed by atoms with E-state index in [1.54, 1.807) is 38.1 Å². The molecule has 166 valence electrons. The van der Waals surface area contributed by atoms with Gasteiger partial charge < -0.3 is 33.1 Å². The van der Waals surface area contributed by atoms with Gasteiger partial charge in [0, 0.05) is 11.6 Å². The Hall–Kier alpha value is -2.41. The average molecular weight is 440 g/mol. The van der Waals surface area contributed by atoms with E-state index in [1.165, 1.54) is 34.5 Å². The summed E-state index contributed by atoms with van der Waals surface area (Å²) >= 11 is 0. The SMILES string of the molecule is CCOP(=O)(OCC)C(c1ccc(OC)c(OC)c1)c1cc(OC)c(OC)cc1O. The predicted molar refractivity (Wildman–Crippen MR) is 113 cm³/mol. The fourth-order valence-corrected chi connectivity index (χ4v) is 5.37. The van der Waals surface area contributed by atoms with Gasteiger partial charge in [-0.05, 0) is 37.6 Å². The quantitative estimate of drug-likeness (QED) is 0.499. The van der Waals surface area contributed by atoms with Crippen molar-refractivity contribution in [2.24, 2.45) is 0 Å². The summed E-state index contributed by atoms with van der Waals surface area (Å²) in [5.74, 6) is 1.54. The van der Waals surface area contributed by atoms with Crippen LogP contribution in [-0.4, -0.2) is 46.8 Å². The maximum absolute atomic E-state index is 13.9. The fraction of sp³-hybridized carbons (Fsp3) is 0.429. The molecule has 0 aliphatic heterocycles. The molecule has 0 fully saturated rings. The number of phenolic OH excluding ortho intramolecular Hbond substituents is 1. The van der Waals surface area contributed by atoms with Crippen molar-refractivity contribution < 1.29 is 37.7 Å². The zero-order chi connectivity index (χ0) is 22.3. The van der Waals surface area contributed by atoms with E-state index in [0.29, 0.717) is 34.1 Å². The van der Waals surface area contributed by atoms with Crippen LogP contribution in [0.4, 0.5) is 0 Å². The lowest BCUT2D eigenvalue weighted by molar-refractivity contribution is 0.214. The van der Waals surface area contributed by atoms with Crippen LogP contribution in [0.15, 0.2) is 30.3 Å². The van der Waals surface area contributed by atoms with E-state index in [1.807, 2.05) is 0 Å². The van der Waals surface area contributed by atoms with E-state index in [4.69, 9.17) is 28.0 Å². The van der Waals surface area contributed by atoms with Crippen molar-refractivity contribution in [1.29, 1.82) is 0 Å². The number of phenols is 1. The second kappa shape index (κ2) is 10.6. The topological polar surface area (TPSA) is 92.7 Å². The summed E-state index contributed by atoms with van der Waals surface area (Å²) in [4.78, 5) is 0. The van der Waals surface area contributed by atoms with Gasteiger partial charge in [-0.3, -0.25) is 4.57 Å². The van der Waals surface area contributed by atoms with Crippen molar-refractivity contribution in [3.8, 4) is 28.7 Å². The normalized spacial score (nSPS) is 12.3. The molecule has 0 saturated carbocycles. The number of benzene rings is 2. The van der Waals surface area contributed by atoms with Crippen LogP contribution in [-0.2, 0) is 13.6 Å². The Bertz CT molecular complexity index is 889. The Morgan fingerprint density at radius 1 is 0.800 bits per heavy atom. The molecule has 1 N–H and O–H groups in total. The van der Waals surface area contributed by atoms with Gasteiger partial charge in [0.1, 0.15) is 11.4 Å². The molecule has 0 aromatic heterocycles. The summed E-state index contributed by atoms with van der Waals surface area (Å²) in [6, 6.07) is 8.09. The second-order valence-corrected chi connectivity index (χ2v) is 8.27. The third kappa shape index (κ3) is 4.83. The Morgan fingerprint density at radius 2 is 1.30 bits per heavy atom. The zero-order valence-electron chi connectivity index (χ0n) is 18.1. The summed E-state index contributed by atoms with van der Waals surface area (Å²) in [7, 11) is 2.22. The Kier molecular flexibility index (Phi) is 8.41. The Balaban J connectivity index is 2.80. The zero-order valence-corrected chi connectivity index (χ0v) is 19.0. The number of methoxy groups -OCH3 is 4. The van der Waals surface area contributed by atoms with Gasteiger partial charge in [-0.25, -0.2) is 0 Å². The molecule has 0 amide bonds. The highest BCUT2D eigenvalue weighted by Crippen LogP contribution is 2.65. The van der Waals surface area contributed by atoms with Gasteiger partial charge in [0.25, 0.3) is 0 Å². The summed E-state index contributed by atoms with van der Waals surface area (Å²) in [5.41, 5.74) is -0.0810. The third-order valence-corrected chi connectivity index (χ3v) is 6.93. The predicted octanol–water partition coefficient (Wildman–Crippen LogP) is 4.78. The molecular formula is C21H29O8P. The molecule has 1 unspecified atom stereocenters. The summed E-state index contributed by atoms with van der Waals surface area (Å²) in [6.07, 6.45) is 0. The number of hydrogen-bond donors (Lipinski definition) is 1. The van der Waals surface area contributed by atoms with E-state index in [9.17, 15) is 9.67 Å². The van der Waals surface area contributed by atoms with Crippen LogP contribution in [0.2, 0.25) is 0 Å². The minimum absolute atomic E-state index is 0.132. The number of rotatable bonds is 11. The first kappa shape index (κ1) is 23.9. The molecule has 9 heteroatoms. The fourth-order valence-electron chi connectivity index (χ4n) is 3.20. The van der Waals surface area contributed by atoms with Crippen LogP contribution >= 0.6 is 7.60 Å². The molecule has 0 spiro atoms. The van der Waals surface area contributed by atoms with Crippen LogP contribution in [0.1, 0.15) is 30.6 Å². The van der Waals surface area contributed by atoms with Crippen molar-refractivity contribution in [1.82, 2.24) is 0 Å². The van der Waals surface area contributed by atoms with E-state index >= 15 is 0 Å². The molecule has 0 heterocycles. The van der Waals surface area contributed by atoms with Gasteiger partial charge in [0.2, 0.25) is 0 Å². The van der Waals surface area contributed by atoms with Crippen LogP contribution in [0.3, 0.4) is 0 Å². The monoisotopic (exact) mass is 440 g/mol. The first-order valence-corrected chi connectivity index (χ1v) is 11.1. The first-order valence-electron chi connectivity index (χ1n) is 9.44. The van der Waals surface area contributed by atoms with Crippen molar-refractivity contribution >= 4 is 7.60 Å². The number of hydrogen-bond acceptors (Lipinski definition) is 8. The highest BCUT2D eigenvalue weighted by molar-refractivity contribution is 7.54. The summed E-state index contributed by atoms with van der Waals surface area (Å²) in [6.45, 7) is 3.78. The van der Waals surface area contributed by atoms with Gasteiger partial charge >= 0.3 is 7.60 Å². The lowest BCUT2D eigenvalue weighted by Crippen LogP contribution is -2.10. The van der Waals surface area contributed by atoms with Crippen molar-refractivity contribution in [3.05, 3.63) is 41.5 Å². The minimum atomic E-state index is -3.76. The maximum atomic E-state index is 13.9. The van der Waals surface area contributed by atoms with Gasteiger partial charge in [-0.1, -0.05) is 6.07 Å². The molecule has 0 radical (unpaired) electrons. The molecule has 0 aliphatic carbocycles. The smallest absolute Gasteiger partial charge is 0.342 e. The first-order chi connectivity index (χ1) is 14.4. The molecule has 0 saturated heterocycles. The van der Waals surface area contributed by atoms with E-state index in [2.05, 4.69) is 0 Å². The number of ether oxygens (including phenoxy) is 4. The molecule has 8 nitrogen and oxygen atoms in total. The van der Waals surface area contributed by atoms with Gasteiger partial charge in [0.05, 0.1) is 41.7 Å². The summed E-state index contributed by atoms with van der Waals surface area (Å²) < 4.78 is 46.5. The molecule has 2 aromatic rings. The lowest BCUT2D eigenvalue weighted by atomic mass is 10.0. The van der Waals surface area contributed by atoms with Crippen molar-refractivity contribution in [3.63, 3.8) is 0 Å². The Morgan fingerprint density at radius 3 is 1.80 bits per heavy atom. The van der Waals surface area contributed by atoms with Crippen LogP contribution in [0.25, 0.3) is 0 Å². The lowest BCUT2D eigenvalue weighted by Gasteiger charge is -2.28.